The van der Waals surface area contributed by atoms with Crippen molar-refractivity contribution in [1.82, 2.24) is 0 Å². The molecule has 0 aliphatic carbocycles. The molecular formula is C12H16F2N2O2. The second kappa shape index (κ2) is 6.30. The Kier molecular flexibility index (Phi) is 5.03. The number of amides is 1. The van der Waals surface area contributed by atoms with Crippen LogP contribution >= 0.6 is 0 Å². The molecule has 0 heterocycles. The zero-order valence-corrected chi connectivity index (χ0v) is 10.2. The van der Waals surface area contributed by atoms with Gasteiger partial charge in [0.15, 0.2) is 0 Å². The van der Waals surface area contributed by atoms with Crippen LogP contribution in [0, 0.1) is 6.92 Å². The third kappa shape index (κ3) is 4.29. The smallest absolute Gasteiger partial charge is 0.272 e. The summed E-state index contributed by atoms with van der Waals surface area (Å²) in [5, 5.41) is 2.57. The van der Waals surface area contributed by atoms with Gasteiger partial charge in [-0.05, 0) is 25.5 Å². The van der Waals surface area contributed by atoms with Gasteiger partial charge in [-0.2, -0.15) is 0 Å². The molecule has 0 fully saturated rings. The van der Waals surface area contributed by atoms with Gasteiger partial charge in [0.1, 0.15) is 12.4 Å². The van der Waals surface area contributed by atoms with Crippen LogP contribution in [0.3, 0.4) is 0 Å². The second-order valence-corrected chi connectivity index (χ2v) is 3.96. The second-order valence-electron chi connectivity index (χ2n) is 3.96. The van der Waals surface area contributed by atoms with E-state index >= 15 is 0 Å². The van der Waals surface area contributed by atoms with Crippen molar-refractivity contribution in [2.45, 2.75) is 26.3 Å². The minimum Gasteiger partial charge on any atom is -0.487 e. The number of carbonyl (C=O) groups is 1. The van der Waals surface area contributed by atoms with E-state index in [1.807, 2.05) is 0 Å². The predicted molar refractivity (Wildman–Crippen MR) is 65.0 cm³/mol. The Morgan fingerprint density at radius 3 is 2.72 bits per heavy atom. The molecular weight excluding hydrogens is 242 g/mol. The van der Waals surface area contributed by atoms with Gasteiger partial charge in [-0.15, -0.1) is 0 Å². The van der Waals surface area contributed by atoms with Crippen LogP contribution in [-0.2, 0) is 4.79 Å². The summed E-state index contributed by atoms with van der Waals surface area (Å²) < 4.78 is 29.1. The summed E-state index contributed by atoms with van der Waals surface area (Å²) in [5.41, 5.74) is 6.59. The summed E-state index contributed by atoms with van der Waals surface area (Å²) >= 11 is 0. The zero-order valence-electron chi connectivity index (χ0n) is 10.2. The van der Waals surface area contributed by atoms with E-state index in [9.17, 15) is 13.6 Å². The molecule has 0 unspecified atom stereocenters. The van der Waals surface area contributed by atoms with Crippen molar-refractivity contribution in [3.8, 4) is 5.75 Å². The maximum Gasteiger partial charge on any atom is 0.272 e. The lowest BCUT2D eigenvalue weighted by Crippen LogP contribution is -2.32. The number of nitrogens with two attached hydrogens (primary N) is 1. The molecule has 0 aliphatic heterocycles. The normalized spacial score (nSPS) is 12.3. The Balaban J connectivity index is 2.77. The van der Waals surface area contributed by atoms with Crippen LogP contribution in [0.5, 0.6) is 5.75 Å². The van der Waals surface area contributed by atoms with Crippen LogP contribution in [0.25, 0.3) is 0 Å². The van der Waals surface area contributed by atoms with Crippen LogP contribution in [0.2, 0.25) is 0 Å². The van der Waals surface area contributed by atoms with Gasteiger partial charge in [-0.3, -0.25) is 4.79 Å². The minimum atomic E-state index is -2.54. The zero-order chi connectivity index (χ0) is 13.7. The van der Waals surface area contributed by atoms with Crippen LogP contribution in [0.15, 0.2) is 18.2 Å². The molecule has 4 nitrogen and oxygen atoms in total. The number of nitrogens with one attached hydrogen (secondary N) is 1. The highest BCUT2D eigenvalue weighted by Crippen LogP contribution is 2.23. The quantitative estimate of drug-likeness (QED) is 0.848. The predicted octanol–water partition coefficient (Wildman–Crippen LogP) is 1.92. The molecule has 1 atom stereocenters. The van der Waals surface area contributed by atoms with Crippen molar-refractivity contribution in [3.63, 3.8) is 0 Å². The Labute approximate surface area is 104 Å². The minimum absolute atomic E-state index is 0.317. The summed E-state index contributed by atoms with van der Waals surface area (Å²) in [4.78, 5) is 11.4. The molecule has 18 heavy (non-hydrogen) atoms. The van der Waals surface area contributed by atoms with Gasteiger partial charge in [0.2, 0.25) is 5.91 Å². The van der Waals surface area contributed by atoms with Gasteiger partial charge in [0.25, 0.3) is 6.43 Å². The van der Waals surface area contributed by atoms with E-state index in [1.165, 1.54) is 6.07 Å². The van der Waals surface area contributed by atoms with Crippen molar-refractivity contribution < 1.29 is 18.3 Å². The molecule has 0 saturated heterocycles. The Bertz CT molecular complexity index is 423. The number of hydrogen-bond acceptors (Lipinski definition) is 3. The first-order valence-electron chi connectivity index (χ1n) is 5.48. The highest BCUT2D eigenvalue weighted by atomic mass is 19.3. The summed E-state index contributed by atoms with van der Waals surface area (Å²) in [6.07, 6.45) is -2.54. The Hall–Kier alpha value is -1.69. The average Bonchev–Trinajstić information content (AvgIpc) is 2.29. The number of carbonyl (C=O) groups excluding carboxylic acids is 1. The van der Waals surface area contributed by atoms with Gasteiger partial charge < -0.3 is 15.8 Å². The first-order chi connectivity index (χ1) is 8.40. The van der Waals surface area contributed by atoms with Crippen molar-refractivity contribution in [1.29, 1.82) is 0 Å². The number of aryl methyl sites for hydroxylation is 1. The Morgan fingerprint density at radius 1 is 1.50 bits per heavy atom. The van der Waals surface area contributed by atoms with Gasteiger partial charge in [0, 0.05) is 11.8 Å². The van der Waals surface area contributed by atoms with Gasteiger partial charge in [-0.1, -0.05) is 6.07 Å². The van der Waals surface area contributed by atoms with Crippen LogP contribution in [-0.4, -0.2) is 25.0 Å². The fourth-order valence-corrected chi connectivity index (χ4v) is 1.24. The molecule has 0 aromatic heterocycles. The first-order valence-corrected chi connectivity index (χ1v) is 5.48. The molecule has 1 aromatic carbocycles. The summed E-state index contributed by atoms with van der Waals surface area (Å²) in [5.74, 6) is -0.0311. The highest BCUT2D eigenvalue weighted by molar-refractivity contribution is 5.94. The Morgan fingerprint density at radius 2 is 2.17 bits per heavy atom. The SMILES string of the molecule is Cc1ccc(NC(=O)[C@@H](C)N)cc1OCC(F)F. The molecule has 0 saturated carbocycles. The fourth-order valence-electron chi connectivity index (χ4n) is 1.24. The molecule has 1 amide bonds. The summed E-state index contributed by atoms with van der Waals surface area (Å²) in [6, 6.07) is 4.19. The number of ether oxygens (including phenoxy) is 1. The summed E-state index contributed by atoms with van der Waals surface area (Å²) in [7, 11) is 0. The average molecular weight is 258 g/mol. The van der Waals surface area contributed by atoms with E-state index in [4.69, 9.17) is 10.5 Å². The maximum atomic E-state index is 12.1. The van der Waals surface area contributed by atoms with Crippen LogP contribution < -0.4 is 15.8 Å². The van der Waals surface area contributed by atoms with E-state index in [0.29, 0.717) is 11.4 Å². The van der Waals surface area contributed by atoms with E-state index in [0.717, 1.165) is 5.56 Å². The molecule has 0 bridgehead atoms. The number of halogens is 2. The lowest BCUT2D eigenvalue weighted by Gasteiger charge is -2.12. The number of rotatable bonds is 5. The van der Waals surface area contributed by atoms with E-state index in [2.05, 4.69) is 5.32 Å². The van der Waals surface area contributed by atoms with Gasteiger partial charge in [-0.25, -0.2) is 8.78 Å². The number of benzene rings is 1. The van der Waals surface area contributed by atoms with E-state index in [-0.39, 0.29) is 5.91 Å². The third-order valence-corrected chi connectivity index (χ3v) is 2.23. The van der Waals surface area contributed by atoms with Crippen molar-refractivity contribution in [3.05, 3.63) is 23.8 Å². The lowest BCUT2D eigenvalue weighted by atomic mass is 10.2. The van der Waals surface area contributed by atoms with Crippen LogP contribution in [0.1, 0.15) is 12.5 Å². The maximum absolute atomic E-state index is 12.1. The first kappa shape index (κ1) is 14.4. The number of anilines is 1. The monoisotopic (exact) mass is 258 g/mol. The standard InChI is InChI=1S/C12H16F2N2O2/c1-7-3-4-9(16-12(17)8(2)15)5-10(7)18-6-11(13)14/h3-5,8,11H,6,15H2,1-2H3,(H,16,17)/t8-/m1/s1. The lowest BCUT2D eigenvalue weighted by molar-refractivity contribution is -0.117. The van der Waals surface area contributed by atoms with Crippen molar-refractivity contribution >= 4 is 11.6 Å². The molecule has 1 rings (SSSR count). The topological polar surface area (TPSA) is 64.4 Å². The van der Waals surface area contributed by atoms with E-state index < -0.39 is 19.1 Å². The molecule has 1 aromatic rings. The number of alkyl halides is 2. The summed E-state index contributed by atoms with van der Waals surface area (Å²) in [6.45, 7) is 2.61. The third-order valence-electron chi connectivity index (χ3n) is 2.23. The molecule has 100 valence electrons. The molecule has 0 aliphatic rings. The van der Waals surface area contributed by atoms with Crippen LogP contribution in [0.4, 0.5) is 14.5 Å². The van der Waals surface area contributed by atoms with Gasteiger partial charge >= 0.3 is 0 Å². The fraction of sp³-hybridized carbons (Fsp3) is 0.417. The largest absolute Gasteiger partial charge is 0.487 e. The van der Waals surface area contributed by atoms with Crippen molar-refractivity contribution in [2.24, 2.45) is 5.73 Å². The van der Waals surface area contributed by atoms with Gasteiger partial charge in [0.05, 0.1) is 6.04 Å². The number of hydrogen-bond donors (Lipinski definition) is 2. The molecule has 3 N–H and O–H groups in total. The van der Waals surface area contributed by atoms with Crippen molar-refractivity contribution in [2.75, 3.05) is 11.9 Å². The molecule has 0 spiro atoms. The molecule has 0 radical (unpaired) electrons. The highest BCUT2D eigenvalue weighted by Gasteiger charge is 2.10. The molecule has 6 heteroatoms. The van der Waals surface area contributed by atoms with E-state index in [1.54, 1.807) is 26.0 Å².